The Bertz CT molecular complexity index is 1250. The van der Waals surface area contributed by atoms with Crippen molar-refractivity contribution in [1.29, 1.82) is 5.26 Å². The molecule has 4 aliphatic carbocycles. The summed E-state index contributed by atoms with van der Waals surface area (Å²) in [4.78, 5) is 14.5. The molecule has 1 aromatic carbocycles. The number of fused-ring (bicyclic) bond motifs is 3. The maximum absolute atomic E-state index is 11.7. The minimum atomic E-state index is -0.336. The molecule has 6 aliphatic rings. The van der Waals surface area contributed by atoms with Gasteiger partial charge in [0, 0.05) is 61.7 Å². The molecule has 4 saturated carbocycles. The molecule has 216 valence electrons. The predicted octanol–water partition coefficient (Wildman–Crippen LogP) is 4.43. The number of carbonyl (C=O) groups excluding carboxylic acids is 1. The van der Waals surface area contributed by atoms with Crippen LogP contribution in [0.3, 0.4) is 0 Å². The van der Waals surface area contributed by atoms with Crippen molar-refractivity contribution in [3.05, 3.63) is 41.1 Å². The minimum Gasteiger partial charge on any atom is -0.491 e. The lowest BCUT2D eigenvalue weighted by Gasteiger charge is -2.76. The van der Waals surface area contributed by atoms with E-state index in [0.717, 1.165) is 56.1 Å². The maximum Gasteiger partial charge on any atom is 0.217 e. The molecule has 7 rings (SSSR count). The van der Waals surface area contributed by atoms with Gasteiger partial charge in [-0.15, -0.1) is 0 Å². The molecule has 0 radical (unpaired) electrons. The first-order chi connectivity index (χ1) is 19.1. The summed E-state index contributed by atoms with van der Waals surface area (Å²) < 4.78 is 13.3. The number of piperidine rings is 1. The first kappa shape index (κ1) is 27.6. The smallest absolute Gasteiger partial charge is 0.217 e. The summed E-state index contributed by atoms with van der Waals surface area (Å²) in [6.07, 6.45) is 6.99. The number of rotatable bonds is 8. The van der Waals surface area contributed by atoms with Gasteiger partial charge in [-0.25, -0.2) is 0 Å². The van der Waals surface area contributed by atoms with Crippen LogP contribution in [0.25, 0.3) is 0 Å². The Hall–Kier alpha value is -2.56. The molecule has 2 spiro atoms. The molecule has 1 saturated heterocycles. The van der Waals surface area contributed by atoms with Crippen LogP contribution >= 0.6 is 0 Å². The van der Waals surface area contributed by atoms with Gasteiger partial charge in [0.15, 0.2) is 0 Å². The number of methoxy groups -OCH3 is 1. The zero-order valence-electron chi connectivity index (χ0n) is 24.9. The van der Waals surface area contributed by atoms with Gasteiger partial charge in [0.2, 0.25) is 5.91 Å². The fourth-order valence-corrected chi connectivity index (χ4v) is 9.81. The molecular formula is C33H46N4O3. The van der Waals surface area contributed by atoms with Crippen LogP contribution in [0.1, 0.15) is 76.0 Å². The zero-order valence-corrected chi connectivity index (χ0v) is 24.9. The molecule has 2 aliphatic heterocycles. The Morgan fingerprint density at radius 3 is 2.77 bits per heavy atom. The Balaban J connectivity index is 1.44. The van der Waals surface area contributed by atoms with Gasteiger partial charge in [-0.2, -0.15) is 5.26 Å². The number of nitrogens with one attached hydrogen (secondary N) is 2. The van der Waals surface area contributed by atoms with Crippen molar-refractivity contribution in [3.8, 4) is 11.8 Å². The molecule has 2 unspecified atom stereocenters. The van der Waals surface area contributed by atoms with Crippen molar-refractivity contribution in [3.63, 3.8) is 0 Å². The number of carbonyl (C=O) groups is 1. The standard InChI is InChI=1S/C33H46N4O3/c1-20-7-10-26(16-34)30-29(20)32-13-14-37(18-25-8-9-25)23(4)31(32)11-12-33(39-6,28(32)19-40-30)27(15-31)17-35-21(2)22(3)36-24(5)38/h7,10,22-23,25,27-28,35H,2,8-9,11-15,17-19H2,1,3-6H3,(H,36,38)/t22?,23?,27-,28-,31-,32-,33-/m1/s1. The molecule has 5 fully saturated rings. The fraction of sp³-hybridized carbons (Fsp3) is 0.697. The largest absolute Gasteiger partial charge is 0.491 e. The number of nitrogens with zero attached hydrogens (tertiary/aromatic N) is 2. The normalized spacial score (nSPS) is 36.8. The van der Waals surface area contributed by atoms with Gasteiger partial charge in [-0.05, 0) is 88.8 Å². The molecule has 2 heterocycles. The number of aryl methyl sites for hydroxylation is 1. The van der Waals surface area contributed by atoms with Gasteiger partial charge in [-0.1, -0.05) is 12.6 Å². The molecular weight excluding hydrogens is 500 g/mol. The summed E-state index contributed by atoms with van der Waals surface area (Å²) in [5.74, 6) is 2.09. The summed E-state index contributed by atoms with van der Waals surface area (Å²) in [5.41, 5.74) is 3.65. The third kappa shape index (κ3) is 3.78. The highest BCUT2D eigenvalue weighted by atomic mass is 16.5. The van der Waals surface area contributed by atoms with E-state index in [0.29, 0.717) is 18.2 Å². The van der Waals surface area contributed by atoms with Gasteiger partial charge >= 0.3 is 0 Å². The van der Waals surface area contributed by atoms with E-state index in [1.165, 1.54) is 30.5 Å². The van der Waals surface area contributed by atoms with Crippen LogP contribution in [-0.4, -0.2) is 61.8 Å². The number of hydrogen-bond acceptors (Lipinski definition) is 6. The Labute approximate surface area is 239 Å². The van der Waals surface area contributed by atoms with E-state index in [2.05, 4.69) is 48.1 Å². The first-order valence-electron chi connectivity index (χ1n) is 15.3. The number of amides is 1. The van der Waals surface area contributed by atoms with Crippen LogP contribution in [0, 0.1) is 41.4 Å². The Morgan fingerprint density at radius 1 is 1.32 bits per heavy atom. The summed E-state index contributed by atoms with van der Waals surface area (Å²) >= 11 is 0. The molecule has 1 amide bonds. The van der Waals surface area contributed by atoms with Crippen molar-refractivity contribution in [2.24, 2.45) is 23.2 Å². The van der Waals surface area contributed by atoms with Crippen LogP contribution in [0.5, 0.6) is 5.75 Å². The molecule has 7 nitrogen and oxygen atoms in total. The van der Waals surface area contributed by atoms with Crippen molar-refractivity contribution in [2.45, 2.75) is 89.3 Å². The molecule has 2 N–H and O–H groups in total. The average molecular weight is 547 g/mol. The lowest BCUT2D eigenvalue weighted by Crippen LogP contribution is -2.79. The molecule has 0 aromatic heterocycles. The third-order valence-electron chi connectivity index (χ3n) is 11.9. The number of likely N-dealkylation sites (tertiary alicyclic amines) is 1. The highest BCUT2D eigenvalue weighted by Crippen LogP contribution is 2.74. The molecule has 7 atom stereocenters. The highest BCUT2D eigenvalue weighted by Gasteiger charge is 2.76. The van der Waals surface area contributed by atoms with Crippen molar-refractivity contribution < 1.29 is 14.3 Å². The second-order valence-electron chi connectivity index (χ2n) is 13.5. The maximum atomic E-state index is 11.7. The van der Waals surface area contributed by atoms with Gasteiger partial charge < -0.3 is 20.1 Å². The summed E-state index contributed by atoms with van der Waals surface area (Å²) in [6.45, 7) is 16.1. The van der Waals surface area contributed by atoms with E-state index in [1.54, 1.807) is 6.92 Å². The quantitative estimate of drug-likeness (QED) is 0.502. The second-order valence-corrected chi connectivity index (χ2v) is 13.5. The Kier molecular flexibility index (Phi) is 6.74. The van der Waals surface area contributed by atoms with E-state index in [9.17, 15) is 10.1 Å². The lowest BCUT2D eigenvalue weighted by molar-refractivity contribution is -0.277. The molecule has 2 bridgehead atoms. The monoisotopic (exact) mass is 546 g/mol. The number of hydrogen-bond donors (Lipinski definition) is 2. The van der Waals surface area contributed by atoms with E-state index in [4.69, 9.17) is 9.47 Å². The summed E-state index contributed by atoms with van der Waals surface area (Å²) in [7, 11) is 1.90. The summed E-state index contributed by atoms with van der Waals surface area (Å²) in [5, 5.41) is 16.6. The van der Waals surface area contributed by atoms with Crippen molar-refractivity contribution in [1.82, 2.24) is 15.5 Å². The average Bonchev–Trinajstić information content (AvgIpc) is 3.77. The van der Waals surface area contributed by atoms with Crippen molar-refractivity contribution >= 4 is 5.91 Å². The number of nitriles is 1. The molecule has 1 aromatic rings. The van der Waals surface area contributed by atoms with Crippen LogP contribution in [0.2, 0.25) is 0 Å². The van der Waals surface area contributed by atoms with Gasteiger partial charge in [0.1, 0.15) is 11.8 Å². The van der Waals surface area contributed by atoms with E-state index >= 15 is 0 Å². The highest BCUT2D eigenvalue weighted by molar-refractivity contribution is 5.73. The predicted molar refractivity (Wildman–Crippen MR) is 155 cm³/mol. The lowest BCUT2D eigenvalue weighted by atomic mass is 9.33. The second kappa shape index (κ2) is 9.77. The van der Waals surface area contributed by atoms with E-state index in [-0.39, 0.29) is 40.2 Å². The van der Waals surface area contributed by atoms with Crippen LogP contribution < -0.4 is 15.4 Å². The Morgan fingerprint density at radius 2 is 2.10 bits per heavy atom. The zero-order chi connectivity index (χ0) is 28.4. The first-order valence-corrected chi connectivity index (χ1v) is 15.3. The topological polar surface area (TPSA) is 86.6 Å². The van der Waals surface area contributed by atoms with E-state index < -0.39 is 0 Å². The molecule has 7 heteroatoms. The third-order valence-corrected chi connectivity index (χ3v) is 11.9. The number of benzene rings is 1. The van der Waals surface area contributed by atoms with Crippen LogP contribution in [0.15, 0.2) is 24.4 Å². The van der Waals surface area contributed by atoms with Crippen molar-refractivity contribution in [2.75, 3.05) is 33.4 Å². The van der Waals surface area contributed by atoms with Gasteiger partial charge in [0.05, 0.1) is 23.8 Å². The van der Waals surface area contributed by atoms with Crippen LogP contribution in [-0.2, 0) is 14.9 Å². The van der Waals surface area contributed by atoms with Gasteiger partial charge in [-0.3, -0.25) is 9.69 Å². The van der Waals surface area contributed by atoms with Crippen LogP contribution in [0.4, 0.5) is 0 Å². The minimum absolute atomic E-state index is 0.0545. The fourth-order valence-electron chi connectivity index (χ4n) is 9.81. The number of ether oxygens (including phenoxy) is 2. The SMILES string of the molecule is C=C(NC[C@H]1C[C@@]23CC[C@]1(OC)[C@@H]1COc4c(C#N)ccc(C)c4[C@@]12CCN(CC1CC1)C3C)C(C)NC(C)=O. The molecule has 40 heavy (non-hydrogen) atoms. The van der Waals surface area contributed by atoms with E-state index in [1.807, 2.05) is 20.1 Å². The van der Waals surface area contributed by atoms with Gasteiger partial charge in [0.25, 0.3) is 0 Å². The summed E-state index contributed by atoms with van der Waals surface area (Å²) in [6, 6.07) is 6.80.